The highest BCUT2D eigenvalue weighted by molar-refractivity contribution is 5.22. The van der Waals surface area contributed by atoms with Gasteiger partial charge in [0.1, 0.15) is 17.7 Å². The maximum atomic E-state index is 12.6. The lowest BCUT2D eigenvalue weighted by Gasteiger charge is -2.22. The normalized spacial score (nSPS) is 14.7. The van der Waals surface area contributed by atoms with E-state index in [4.69, 9.17) is 4.74 Å². The quantitative estimate of drug-likeness (QED) is 0.808. The minimum atomic E-state index is -0.241. The molecular weight excluding hydrogens is 193 g/mol. The first kappa shape index (κ1) is 12.0. The van der Waals surface area contributed by atoms with E-state index in [1.807, 2.05) is 6.92 Å². The van der Waals surface area contributed by atoms with Crippen LogP contribution >= 0.6 is 0 Å². The molecule has 0 heterocycles. The molecule has 0 saturated heterocycles. The fraction of sp³-hybridized carbons (Fsp3) is 0.500. The Balaban J connectivity index is 2.50. The van der Waals surface area contributed by atoms with Crippen LogP contribution in [-0.4, -0.2) is 18.7 Å². The molecular formula is C12H18FNO. The first-order valence-corrected chi connectivity index (χ1v) is 5.29. The summed E-state index contributed by atoms with van der Waals surface area (Å²) in [6.07, 6.45) is 0.0652. The molecule has 0 spiro atoms. The average Bonchev–Trinajstić information content (AvgIpc) is 2.22. The van der Waals surface area contributed by atoms with E-state index in [-0.39, 0.29) is 18.0 Å². The predicted molar refractivity (Wildman–Crippen MR) is 59.6 cm³/mol. The van der Waals surface area contributed by atoms with Crippen molar-refractivity contribution < 1.29 is 9.13 Å². The second kappa shape index (κ2) is 5.71. The van der Waals surface area contributed by atoms with E-state index >= 15 is 0 Å². The molecule has 0 amide bonds. The van der Waals surface area contributed by atoms with E-state index in [1.165, 1.54) is 12.1 Å². The van der Waals surface area contributed by atoms with Crippen molar-refractivity contribution in [2.24, 2.45) is 0 Å². The maximum Gasteiger partial charge on any atom is 0.123 e. The van der Waals surface area contributed by atoms with Gasteiger partial charge in [0, 0.05) is 6.04 Å². The van der Waals surface area contributed by atoms with Crippen LogP contribution in [0.1, 0.15) is 20.8 Å². The van der Waals surface area contributed by atoms with Crippen LogP contribution < -0.4 is 10.1 Å². The zero-order valence-corrected chi connectivity index (χ0v) is 9.46. The third kappa shape index (κ3) is 3.88. The van der Waals surface area contributed by atoms with Gasteiger partial charge in [0.25, 0.3) is 0 Å². The van der Waals surface area contributed by atoms with Crippen molar-refractivity contribution >= 4 is 0 Å². The van der Waals surface area contributed by atoms with Crippen LogP contribution in [0.4, 0.5) is 4.39 Å². The molecule has 1 rings (SSSR count). The van der Waals surface area contributed by atoms with E-state index < -0.39 is 0 Å². The molecule has 0 aliphatic carbocycles. The minimum absolute atomic E-state index is 0.0652. The summed E-state index contributed by atoms with van der Waals surface area (Å²) in [7, 11) is 0. The van der Waals surface area contributed by atoms with Crippen molar-refractivity contribution in [2.75, 3.05) is 6.54 Å². The number of likely N-dealkylation sites (N-methyl/N-ethyl adjacent to an activating group) is 1. The van der Waals surface area contributed by atoms with Crippen molar-refractivity contribution in [2.45, 2.75) is 32.9 Å². The van der Waals surface area contributed by atoms with Gasteiger partial charge in [-0.3, -0.25) is 0 Å². The van der Waals surface area contributed by atoms with Gasteiger partial charge in [-0.2, -0.15) is 0 Å². The Morgan fingerprint density at radius 2 is 1.87 bits per heavy atom. The highest BCUT2D eigenvalue weighted by Gasteiger charge is 2.12. The van der Waals surface area contributed by atoms with Crippen LogP contribution in [-0.2, 0) is 0 Å². The van der Waals surface area contributed by atoms with Gasteiger partial charge < -0.3 is 10.1 Å². The van der Waals surface area contributed by atoms with Crippen molar-refractivity contribution in [3.05, 3.63) is 30.1 Å². The summed E-state index contributed by atoms with van der Waals surface area (Å²) in [6.45, 7) is 7.04. The molecule has 15 heavy (non-hydrogen) atoms. The Morgan fingerprint density at radius 1 is 1.27 bits per heavy atom. The van der Waals surface area contributed by atoms with E-state index in [0.717, 1.165) is 6.54 Å². The SMILES string of the molecule is CCNC(C)C(C)Oc1ccc(F)cc1. The Kier molecular flexibility index (Phi) is 4.56. The highest BCUT2D eigenvalue weighted by atomic mass is 19.1. The lowest BCUT2D eigenvalue weighted by Crippen LogP contribution is -2.38. The van der Waals surface area contributed by atoms with Crippen molar-refractivity contribution in [1.82, 2.24) is 5.32 Å². The monoisotopic (exact) mass is 211 g/mol. The third-order valence-electron chi connectivity index (χ3n) is 2.37. The molecule has 1 N–H and O–H groups in total. The Labute approximate surface area is 90.4 Å². The van der Waals surface area contributed by atoms with Gasteiger partial charge in [0.15, 0.2) is 0 Å². The first-order chi connectivity index (χ1) is 7.13. The molecule has 1 aromatic carbocycles. The molecule has 0 aromatic heterocycles. The van der Waals surface area contributed by atoms with Crippen LogP contribution in [0.3, 0.4) is 0 Å². The van der Waals surface area contributed by atoms with Crippen molar-refractivity contribution in [1.29, 1.82) is 0 Å². The smallest absolute Gasteiger partial charge is 0.123 e. The van der Waals surface area contributed by atoms with Gasteiger partial charge >= 0.3 is 0 Å². The summed E-state index contributed by atoms with van der Waals surface area (Å²) in [5, 5.41) is 3.28. The number of benzene rings is 1. The van der Waals surface area contributed by atoms with Crippen molar-refractivity contribution in [3.8, 4) is 5.75 Å². The summed E-state index contributed by atoms with van der Waals surface area (Å²) >= 11 is 0. The number of hydrogen-bond acceptors (Lipinski definition) is 2. The summed E-state index contributed by atoms with van der Waals surface area (Å²) < 4.78 is 18.3. The van der Waals surface area contributed by atoms with E-state index in [0.29, 0.717) is 5.75 Å². The number of ether oxygens (including phenoxy) is 1. The minimum Gasteiger partial charge on any atom is -0.489 e. The van der Waals surface area contributed by atoms with Gasteiger partial charge in [-0.05, 0) is 44.7 Å². The highest BCUT2D eigenvalue weighted by Crippen LogP contribution is 2.14. The number of halogens is 1. The van der Waals surface area contributed by atoms with E-state index in [2.05, 4.69) is 19.2 Å². The molecule has 1 aromatic rings. The van der Waals surface area contributed by atoms with E-state index in [9.17, 15) is 4.39 Å². The predicted octanol–water partition coefficient (Wildman–Crippen LogP) is 2.59. The summed E-state index contributed by atoms with van der Waals surface area (Å²) in [5.41, 5.74) is 0. The van der Waals surface area contributed by atoms with Crippen LogP contribution in [0.2, 0.25) is 0 Å². The lowest BCUT2D eigenvalue weighted by atomic mass is 10.2. The average molecular weight is 211 g/mol. The molecule has 84 valence electrons. The van der Waals surface area contributed by atoms with Crippen molar-refractivity contribution in [3.63, 3.8) is 0 Å². The van der Waals surface area contributed by atoms with Gasteiger partial charge in [0.05, 0.1) is 0 Å². The summed E-state index contributed by atoms with van der Waals surface area (Å²) in [6, 6.07) is 6.37. The molecule has 0 aliphatic heterocycles. The standard InChI is InChI=1S/C12H18FNO/c1-4-14-9(2)10(3)15-12-7-5-11(13)6-8-12/h5-10,14H,4H2,1-3H3. The number of rotatable bonds is 5. The fourth-order valence-corrected chi connectivity index (χ4v) is 1.32. The topological polar surface area (TPSA) is 21.3 Å². The largest absolute Gasteiger partial charge is 0.489 e. The lowest BCUT2D eigenvalue weighted by molar-refractivity contribution is 0.179. The second-order valence-corrected chi connectivity index (χ2v) is 3.62. The first-order valence-electron chi connectivity index (χ1n) is 5.29. The molecule has 2 atom stereocenters. The van der Waals surface area contributed by atoms with Gasteiger partial charge in [-0.1, -0.05) is 6.92 Å². The molecule has 0 fully saturated rings. The molecule has 2 nitrogen and oxygen atoms in total. The number of nitrogens with one attached hydrogen (secondary N) is 1. The van der Waals surface area contributed by atoms with Crippen LogP contribution in [0.15, 0.2) is 24.3 Å². The molecule has 0 aliphatic rings. The zero-order chi connectivity index (χ0) is 11.3. The Morgan fingerprint density at radius 3 is 2.40 bits per heavy atom. The van der Waals surface area contributed by atoms with Crippen LogP contribution in [0.5, 0.6) is 5.75 Å². The zero-order valence-electron chi connectivity index (χ0n) is 9.46. The summed E-state index contributed by atoms with van der Waals surface area (Å²) in [5.74, 6) is 0.461. The van der Waals surface area contributed by atoms with Crippen LogP contribution in [0, 0.1) is 5.82 Å². The molecule has 3 heteroatoms. The molecule has 0 saturated carbocycles. The third-order valence-corrected chi connectivity index (χ3v) is 2.37. The Hall–Kier alpha value is -1.09. The number of hydrogen-bond donors (Lipinski definition) is 1. The fourth-order valence-electron chi connectivity index (χ4n) is 1.32. The molecule has 0 radical (unpaired) electrons. The Bertz CT molecular complexity index is 286. The molecule has 0 bridgehead atoms. The molecule has 2 unspecified atom stereocenters. The maximum absolute atomic E-state index is 12.6. The van der Waals surface area contributed by atoms with Gasteiger partial charge in [-0.15, -0.1) is 0 Å². The van der Waals surface area contributed by atoms with E-state index in [1.54, 1.807) is 12.1 Å². The summed E-state index contributed by atoms with van der Waals surface area (Å²) in [4.78, 5) is 0. The van der Waals surface area contributed by atoms with Gasteiger partial charge in [-0.25, -0.2) is 4.39 Å². The van der Waals surface area contributed by atoms with Crippen LogP contribution in [0.25, 0.3) is 0 Å². The second-order valence-electron chi connectivity index (χ2n) is 3.62. The van der Waals surface area contributed by atoms with Gasteiger partial charge in [0.2, 0.25) is 0 Å².